The largest absolute Gasteiger partial charge is 0.466 e. The number of ether oxygens (including phenoxy) is 1. The number of nitro groups is 1. The second-order valence-electron chi connectivity index (χ2n) is 5.11. The SMILES string of the molecule is COC(=O)C1=C(c2cccc([N+](=O)[O-])c2)Nc2ccccc2C1. The van der Waals surface area contributed by atoms with E-state index in [1.807, 2.05) is 24.3 Å². The molecule has 1 N–H and O–H groups in total. The molecule has 6 heteroatoms. The van der Waals surface area contributed by atoms with Gasteiger partial charge < -0.3 is 10.1 Å². The number of non-ortho nitro benzene ring substituents is 1. The minimum absolute atomic E-state index is 0.0279. The number of methoxy groups -OCH3 is 1. The molecule has 0 amide bonds. The summed E-state index contributed by atoms with van der Waals surface area (Å²) in [6, 6.07) is 13.8. The van der Waals surface area contributed by atoms with Crippen molar-refractivity contribution < 1.29 is 14.5 Å². The molecule has 0 saturated carbocycles. The zero-order valence-electron chi connectivity index (χ0n) is 12.4. The Morgan fingerprint density at radius 2 is 2.00 bits per heavy atom. The molecule has 1 aliphatic rings. The lowest BCUT2D eigenvalue weighted by Gasteiger charge is -2.23. The fourth-order valence-electron chi connectivity index (χ4n) is 2.60. The van der Waals surface area contributed by atoms with Crippen LogP contribution in [-0.2, 0) is 16.0 Å². The van der Waals surface area contributed by atoms with Crippen LogP contribution in [0.2, 0.25) is 0 Å². The average Bonchev–Trinajstić information content (AvgIpc) is 2.60. The van der Waals surface area contributed by atoms with Gasteiger partial charge in [-0.15, -0.1) is 0 Å². The maximum absolute atomic E-state index is 12.1. The molecule has 0 bridgehead atoms. The van der Waals surface area contributed by atoms with Crippen LogP contribution in [0.3, 0.4) is 0 Å². The molecule has 1 heterocycles. The normalized spacial score (nSPS) is 13.1. The summed E-state index contributed by atoms with van der Waals surface area (Å²) in [5.74, 6) is -0.450. The van der Waals surface area contributed by atoms with E-state index in [-0.39, 0.29) is 5.69 Å². The minimum Gasteiger partial charge on any atom is -0.466 e. The van der Waals surface area contributed by atoms with E-state index >= 15 is 0 Å². The summed E-state index contributed by atoms with van der Waals surface area (Å²) >= 11 is 0. The number of nitrogens with zero attached hydrogens (tertiary/aromatic N) is 1. The zero-order chi connectivity index (χ0) is 16.4. The Kier molecular flexibility index (Phi) is 3.80. The average molecular weight is 310 g/mol. The first-order valence-corrected chi connectivity index (χ1v) is 7.01. The van der Waals surface area contributed by atoms with Crippen molar-refractivity contribution in [3.8, 4) is 0 Å². The molecule has 2 aromatic rings. The molecule has 2 aromatic carbocycles. The van der Waals surface area contributed by atoms with Crippen molar-refractivity contribution in [2.45, 2.75) is 6.42 Å². The zero-order valence-corrected chi connectivity index (χ0v) is 12.4. The Morgan fingerprint density at radius 1 is 1.22 bits per heavy atom. The van der Waals surface area contributed by atoms with E-state index in [2.05, 4.69) is 5.32 Å². The lowest BCUT2D eigenvalue weighted by molar-refractivity contribution is -0.384. The molecule has 3 rings (SSSR count). The van der Waals surface area contributed by atoms with Crippen molar-refractivity contribution >= 4 is 23.0 Å². The van der Waals surface area contributed by atoms with E-state index in [4.69, 9.17) is 4.74 Å². The Morgan fingerprint density at radius 3 is 2.74 bits per heavy atom. The molecule has 23 heavy (non-hydrogen) atoms. The molecular formula is C17H14N2O4. The van der Waals surface area contributed by atoms with Gasteiger partial charge >= 0.3 is 5.97 Å². The summed E-state index contributed by atoms with van der Waals surface area (Å²) in [6.45, 7) is 0. The van der Waals surface area contributed by atoms with Crippen molar-refractivity contribution in [3.05, 3.63) is 75.3 Å². The van der Waals surface area contributed by atoms with E-state index in [9.17, 15) is 14.9 Å². The van der Waals surface area contributed by atoms with Gasteiger partial charge in [0.2, 0.25) is 0 Å². The quantitative estimate of drug-likeness (QED) is 0.535. The Bertz CT molecular complexity index is 827. The Balaban J connectivity index is 2.12. The summed E-state index contributed by atoms with van der Waals surface area (Å²) in [6.07, 6.45) is 0.411. The van der Waals surface area contributed by atoms with E-state index in [1.54, 1.807) is 12.1 Å². The summed E-state index contributed by atoms with van der Waals surface area (Å²) in [7, 11) is 1.32. The monoisotopic (exact) mass is 310 g/mol. The van der Waals surface area contributed by atoms with Gasteiger partial charge in [-0.3, -0.25) is 10.1 Å². The fraction of sp³-hybridized carbons (Fsp3) is 0.118. The third kappa shape index (κ3) is 2.78. The first kappa shape index (κ1) is 14.8. The fourth-order valence-corrected chi connectivity index (χ4v) is 2.60. The number of fused-ring (bicyclic) bond motifs is 1. The molecule has 0 saturated heterocycles. The highest BCUT2D eigenvalue weighted by Gasteiger charge is 2.25. The predicted octanol–water partition coefficient (Wildman–Crippen LogP) is 3.15. The predicted molar refractivity (Wildman–Crippen MR) is 85.8 cm³/mol. The molecule has 0 aliphatic carbocycles. The van der Waals surface area contributed by atoms with E-state index in [0.29, 0.717) is 23.3 Å². The molecular weight excluding hydrogens is 296 g/mol. The van der Waals surface area contributed by atoms with Crippen molar-refractivity contribution in [1.29, 1.82) is 0 Å². The van der Waals surface area contributed by atoms with Crippen molar-refractivity contribution in [2.75, 3.05) is 12.4 Å². The highest BCUT2D eigenvalue weighted by Crippen LogP contribution is 2.33. The number of carbonyl (C=O) groups is 1. The molecule has 0 radical (unpaired) electrons. The van der Waals surface area contributed by atoms with Crippen LogP contribution < -0.4 is 5.32 Å². The summed E-state index contributed by atoms with van der Waals surface area (Å²) < 4.78 is 4.86. The second-order valence-corrected chi connectivity index (χ2v) is 5.11. The van der Waals surface area contributed by atoms with Gasteiger partial charge in [0, 0.05) is 29.8 Å². The maximum atomic E-state index is 12.1. The van der Waals surface area contributed by atoms with Crippen LogP contribution >= 0.6 is 0 Å². The molecule has 0 aromatic heterocycles. The number of para-hydroxylation sites is 1. The van der Waals surface area contributed by atoms with E-state index in [0.717, 1.165) is 11.3 Å². The lowest BCUT2D eigenvalue weighted by atomic mass is 9.94. The number of carbonyl (C=O) groups excluding carboxylic acids is 1. The molecule has 116 valence electrons. The molecule has 0 spiro atoms. The van der Waals surface area contributed by atoms with Gasteiger partial charge in [-0.25, -0.2) is 4.79 Å². The summed E-state index contributed by atoms with van der Waals surface area (Å²) in [5.41, 5.74) is 3.39. The van der Waals surface area contributed by atoms with Crippen LogP contribution in [0.5, 0.6) is 0 Å². The minimum atomic E-state index is -0.460. The molecule has 0 fully saturated rings. The molecule has 0 unspecified atom stereocenters. The van der Waals surface area contributed by atoms with Gasteiger partial charge in [0.05, 0.1) is 23.3 Å². The molecule has 0 atom stereocenters. The van der Waals surface area contributed by atoms with Crippen molar-refractivity contribution in [2.24, 2.45) is 0 Å². The lowest BCUT2D eigenvalue weighted by Crippen LogP contribution is -2.19. The van der Waals surface area contributed by atoms with Crippen molar-refractivity contribution in [1.82, 2.24) is 0 Å². The van der Waals surface area contributed by atoms with E-state index < -0.39 is 10.9 Å². The van der Waals surface area contributed by atoms with Crippen LogP contribution in [0.25, 0.3) is 5.70 Å². The van der Waals surface area contributed by atoms with Crippen LogP contribution in [0.4, 0.5) is 11.4 Å². The van der Waals surface area contributed by atoms with Gasteiger partial charge in [-0.2, -0.15) is 0 Å². The number of benzene rings is 2. The van der Waals surface area contributed by atoms with Crippen LogP contribution in [0, 0.1) is 10.1 Å². The van der Waals surface area contributed by atoms with E-state index in [1.165, 1.54) is 19.2 Å². The third-order valence-corrected chi connectivity index (χ3v) is 3.72. The Labute approximate surface area is 132 Å². The molecule has 1 aliphatic heterocycles. The third-order valence-electron chi connectivity index (χ3n) is 3.72. The van der Waals surface area contributed by atoms with Crippen LogP contribution in [0.15, 0.2) is 54.1 Å². The van der Waals surface area contributed by atoms with Gasteiger partial charge in [0.25, 0.3) is 5.69 Å². The summed E-state index contributed by atoms with van der Waals surface area (Å²) in [4.78, 5) is 22.6. The van der Waals surface area contributed by atoms with Gasteiger partial charge in [0.15, 0.2) is 0 Å². The number of hydrogen-bond donors (Lipinski definition) is 1. The number of hydrogen-bond acceptors (Lipinski definition) is 5. The number of rotatable bonds is 3. The van der Waals surface area contributed by atoms with Gasteiger partial charge in [-0.05, 0) is 11.6 Å². The first-order chi connectivity index (χ1) is 11.1. The van der Waals surface area contributed by atoms with Crippen LogP contribution in [-0.4, -0.2) is 18.0 Å². The smallest absolute Gasteiger partial charge is 0.336 e. The van der Waals surface area contributed by atoms with Gasteiger partial charge in [-0.1, -0.05) is 30.3 Å². The number of anilines is 1. The highest BCUT2D eigenvalue weighted by atomic mass is 16.6. The second kappa shape index (κ2) is 5.92. The number of nitro benzene ring substituents is 1. The van der Waals surface area contributed by atoms with Crippen molar-refractivity contribution in [3.63, 3.8) is 0 Å². The van der Waals surface area contributed by atoms with Crippen LogP contribution in [0.1, 0.15) is 11.1 Å². The highest BCUT2D eigenvalue weighted by molar-refractivity contribution is 6.02. The molecule has 6 nitrogen and oxygen atoms in total. The maximum Gasteiger partial charge on any atom is 0.336 e. The first-order valence-electron chi connectivity index (χ1n) is 7.01. The standard InChI is InChI=1S/C17H14N2O4/c1-23-17(20)14-10-11-5-2-3-8-15(11)18-16(14)12-6-4-7-13(9-12)19(21)22/h2-9,18H,10H2,1H3. The summed E-state index contributed by atoms with van der Waals surface area (Å²) in [5, 5.41) is 14.2. The number of nitrogens with one attached hydrogen (secondary N) is 1. The van der Waals surface area contributed by atoms with Gasteiger partial charge in [0.1, 0.15) is 0 Å². The number of esters is 1. The Hall–Kier alpha value is -3.15. The topological polar surface area (TPSA) is 81.5 Å².